The minimum Gasteiger partial charge on any atom is -0.368 e. The van der Waals surface area contributed by atoms with Gasteiger partial charge in [0, 0.05) is 17.7 Å². The van der Waals surface area contributed by atoms with Crippen LogP contribution in [0.4, 0.5) is 5.95 Å². The number of nitrogens with two attached hydrogens (primary N) is 1. The van der Waals surface area contributed by atoms with Gasteiger partial charge in [-0.25, -0.2) is 26.8 Å². The highest BCUT2D eigenvalue weighted by atomic mass is 32.2. The summed E-state index contributed by atoms with van der Waals surface area (Å²) < 4.78 is 52.7. The summed E-state index contributed by atoms with van der Waals surface area (Å²) in [5.41, 5.74) is 9.63. The van der Waals surface area contributed by atoms with E-state index >= 15 is 0 Å². The number of benzene rings is 2. The van der Waals surface area contributed by atoms with Gasteiger partial charge in [0.1, 0.15) is 11.5 Å². The lowest BCUT2D eigenvalue weighted by molar-refractivity contribution is 0.215. The Kier molecular flexibility index (Phi) is 20.8. The second-order valence-corrected chi connectivity index (χ2v) is 23.7. The van der Waals surface area contributed by atoms with E-state index in [0.717, 1.165) is 22.7 Å². The zero-order chi connectivity index (χ0) is 42.8. The quantitative estimate of drug-likeness (QED) is 0.198. The van der Waals surface area contributed by atoms with Gasteiger partial charge in [0.15, 0.2) is 19.7 Å². The van der Waals surface area contributed by atoms with Crippen molar-refractivity contribution in [3.05, 3.63) is 95.1 Å². The highest BCUT2D eigenvalue weighted by Gasteiger charge is 2.30. The van der Waals surface area contributed by atoms with Crippen molar-refractivity contribution >= 4 is 25.6 Å². The van der Waals surface area contributed by atoms with Crippen LogP contribution in [0.3, 0.4) is 0 Å². The highest BCUT2D eigenvalue weighted by molar-refractivity contribution is 7.92. The number of hydrogen-bond donors (Lipinski definition) is 1. The van der Waals surface area contributed by atoms with Crippen molar-refractivity contribution < 1.29 is 21.4 Å². The van der Waals surface area contributed by atoms with E-state index in [-0.39, 0.29) is 31.4 Å². The average molecular weight is 843 g/mol. The lowest BCUT2D eigenvalue weighted by atomic mass is 9.76. The predicted molar refractivity (Wildman–Crippen MR) is 245 cm³/mol. The van der Waals surface area contributed by atoms with Crippen LogP contribution in [0.1, 0.15) is 165 Å². The van der Waals surface area contributed by atoms with Crippen molar-refractivity contribution in [1.29, 1.82) is 0 Å². The van der Waals surface area contributed by atoms with Gasteiger partial charge in [-0.1, -0.05) is 138 Å². The summed E-state index contributed by atoms with van der Waals surface area (Å²) in [6, 6.07) is 17.5. The van der Waals surface area contributed by atoms with E-state index in [0.29, 0.717) is 32.6 Å². The molecule has 1 saturated carbocycles. The van der Waals surface area contributed by atoms with Gasteiger partial charge in [-0.3, -0.25) is 0 Å². The van der Waals surface area contributed by atoms with E-state index in [4.69, 9.17) is 10.3 Å². The minimum absolute atomic E-state index is 0. The Hall–Kier alpha value is -3.57. The first-order chi connectivity index (χ1) is 25.5. The van der Waals surface area contributed by atoms with Gasteiger partial charge >= 0.3 is 0 Å². The van der Waals surface area contributed by atoms with Crippen LogP contribution in [0.15, 0.2) is 81.2 Å². The molecule has 0 atom stereocenters. The fraction of sp³-hybridized carbons (Fsp3) is 0.596. The molecular weight excluding hydrogens is 765 g/mol. The summed E-state index contributed by atoms with van der Waals surface area (Å²) in [5, 5.41) is 3.73. The second-order valence-electron chi connectivity index (χ2n) is 19.0. The van der Waals surface area contributed by atoms with Gasteiger partial charge in [0.05, 0.1) is 25.9 Å². The average Bonchev–Trinajstić information content (AvgIpc) is 3.28. The third kappa shape index (κ3) is 17.7. The molecule has 0 bridgehead atoms. The van der Waals surface area contributed by atoms with Crippen molar-refractivity contribution in [1.82, 2.24) is 15.1 Å². The Labute approximate surface area is 354 Å². The third-order valence-electron chi connectivity index (χ3n) is 9.75. The zero-order valence-corrected chi connectivity index (χ0v) is 38.3. The van der Waals surface area contributed by atoms with Crippen LogP contribution in [-0.2, 0) is 36.3 Å². The Morgan fingerprint density at radius 1 is 0.690 bits per heavy atom. The molecule has 0 amide bonds. The summed E-state index contributed by atoms with van der Waals surface area (Å²) >= 11 is 0. The summed E-state index contributed by atoms with van der Waals surface area (Å²) in [6.07, 6.45) is 10.5. The molecule has 0 aliphatic heterocycles. The molecule has 0 radical (unpaired) electrons. The number of nitrogen functional groups attached to an aromatic ring is 1. The maximum atomic E-state index is 12.3. The molecule has 2 N–H and O–H groups in total. The molecule has 328 valence electrons. The molecule has 1 fully saturated rings. The Bertz CT molecular complexity index is 2000. The van der Waals surface area contributed by atoms with Crippen molar-refractivity contribution in [2.75, 3.05) is 5.73 Å². The van der Waals surface area contributed by atoms with Gasteiger partial charge < -0.3 is 10.3 Å². The fourth-order valence-corrected chi connectivity index (χ4v) is 8.38. The summed E-state index contributed by atoms with van der Waals surface area (Å²) in [5.74, 6) is 1.81. The van der Waals surface area contributed by atoms with Crippen molar-refractivity contribution in [3.63, 3.8) is 0 Å². The topological polar surface area (TPSA) is 146 Å². The number of nitrogens with zero attached hydrogens (tertiary/aromatic N) is 3. The van der Waals surface area contributed by atoms with Gasteiger partial charge in [-0.05, 0) is 100 Å². The molecule has 9 nitrogen and oxygen atoms in total. The SMILES string of the molecule is C.C.CC(C)(C)C1CCCCCC1.CC(C)(C)c1ccnc(N)n1.Cc1cc(CS(=O)(=O)c2ccc(C(C)(C)C)cc2)no1.Cc1ccc(S(=O)(=O)C(C)(C)C)cc1. The molecule has 11 heteroatoms. The second kappa shape index (κ2) is 22.2. The molecule has 1 aliphatic rings. The monoisotopic (exact) mass is 843 g/mol. The number of aromatic nitrogens is 3. The summed E-state index contributed by atoms with van der Waals surface area (Å²) in [4.78, 5) is 8.64. The molecule has 0 spiro atoms. The molecular formula is C47H78N4O5S2. The lowest BCUT2D eigenvalue weighted by Crippen LogP contribution is -2.27. The smallest absolute Gasteiger partial charge is 0.220 e. The Morgan fingerprint density at radius 2 is 1.19 bits per heavy atom. The molecule has 4 aromatic rings. The largest absolute Gasteiger partial charge is 0.368 e. The van der Waals surface area contributed by atoms with Gasteiger partial charge in [0.2, 0.25) is 5.95 Å². The first-order valence-corrected chi connectivity index (χ1v) is 22.8. The van der Waals surface area contributed by atoms with Gasteiger partial charge in [-0.2, -0.15) is 0 Å². The van der Waals surface area contributed by atoms with Crippen molar-refractivity contribution in [2.45, 2.75) is 181 Å². The van der Waals surface area contributed by atoms with Gasteiger partial charge in [0.25, 0.3) is 0 Å². The maximum absolute atomic E-state index is 12.3. The van der Waals surface area contributed by atoms with Crippen LogP contribution in [0, 0.1) is 25.2 Å². The molecule has 0 saturated heterocycles. The van der Waals surface area contributed by atoms with Crippen LogP contribution in [-0.4, -0.2) is 36.7 Å². The summed E-state index contributed by atoms with van der Waals surface area (Å²) in [7, 11) is -6.58. The lowest BCUT2D eigenvalue weighted by Gasteiger charge is -2.29. The molecule has 2 aromatic carbocycles. The van der Waals surface area contributed by atoms with Crippen molar-refractivity contribution in [3.8, 4) is 0 Å². The van der Waals surface area contributed by atoms with Crippen LogP contribution < -0.4 is 5.73 Å². The summed E-state index contributed by atoms with van der Waals surface area (Å²) in [6.45, 7) is 28.5. The Balaban J connectivity index is 0.000000763. The number of anilines is 1. The highest BCUT2D eigenvalue weighted by Crippen LogP contribution is 2.36. The van der Waals surface area contributed by atoms with E-state index < -0.39 is 24.4 Å². The first kappa shape index (κ1) is 54.4. The van der Waals surface area contributed by atoms with Gasteiger partial charge in [-0.15, -0.1) is 0 Å². The minimum atomic E-state index is -3.38. The van der Waals surface area contributed by atoms with Crippen LogP contribution in [0.5, 0.6) is 0 Å². The molecule has 1 aliphatic carbocycles. The molecule has 2 heterocycles. The molecule has 58 heavy (non-hydrogen) atoms. The number of rotatable bonds is 4. The first-order valence-electron chi connectivity index (χ1n) is 19.7. The van der Waals surface area contributed by atoms with E-state index in [9.17, 15) is 16.8 Å². The number of aryl methyl sites for hydroxylation is 2. The molecule has 5 rings (SSSR count). The molecule has 2 aromatic heterocycles. The van der Waals surface area contributed by atoms with Crippen LogP contribution in [0.2, 0.25) is 0 Å². The zero-order valence-electron chi connectivity index (χ0n) is 36.7. The Morgan fingerprint density at radius 3 is 1.57 bits per heavy atom. The van der Waals surface area contributed by atoms with E-state index in [1.165, 1.54) is 38.5 Å². The normalized spacial score (nSPS) is 14.0. The van der Waals surface area contributed by atoms with E-state index in [2.05, 4.69) is 77.4 Å². The predicted octanol–water partition coefficient (Wildman–Crippen LogP) is 12.5. The van der Waals surface area contributed by atoms with Crippen LogP contribution in [0.25, 0.3) is 0 Å². The van der Waals surface area contributed by atoms with E-state index in [1.807, 2.05) is 37.3 Å². The third-order valence-corrected chi connectivity index (χ3v) is 13.9. The molecule has 0 unspecified atom stereocenters. The number of hydrogen-bond acceptors (Lipinski definition) is 9. The standard InChI is InChI=1S/C15H19NO3S.C11H16O2S.C11H22.C8H13N3.2CH4/c1-11-9-13(16-19-11)10-20(17,18)14-7-5-12(6-8-14)15(2,3)4;1-9-5-7-10(8-6-9)14(12,13)11(2,3)4;1-11(2,3)10-8-6-4-5-7-9-10;1-8(2,3)6-4-5-10-7(9)11-6;;/h5-9H,10H2,1-4H3;5-8H,1-4H3;10H,4-9H2,1-3H3;4-5H,1-3H3,(H2,9,10,11);2*1H4. The van der Waals surface area contributed by atoms with Crippen molar-refractivity contribution in [2.24, 2.45) is 11.3 Å². The van der Waals surface area contributed by atoms with E-state index in [1.54, 1.807) is 64.2 Å². The fourth-order valence-electron chi connectivity index (χ4n) is 5.93. The number of sulfone groups is 2. The maximum Gasteiger partial charge on any atom is 0.220 e. The van der Waals surface area contributed by atoms with Crippen LogP contribution >= 0.6 is 0 Å².